The minimum Gasteiger partial charge on any atom is -0.360 e. The van der Waals surface area contributed by atoms with Gasteiger partial charge < -0.3 is 9.88 Å². The first-order valence-corrected chi connectivity index (χ1v) is 6.78. The Kier molecular flexibility index (Phi) is 3.35. The van der Waals surface area contributed by atoms with Gasteiger partial charge in [0, 0.05) is 50.4 Å². The van der Waals surface area contributed by atoms with Gasteiger partial charge in [-0.15, -0.1) is 0 Å². The van der Waals surface area contributed by atoms with Crippen molar-refractivity contribution in [3.8, 4) is 0 Å². The number of aromatic nitrogens is 1. The number of piperazine rings is 1. The smallest absolute Gasteiger partial charge is 0.0537 e. The SMILES string of the molecule is CCN1CCN(Cc2c[nH]c3[c]cccc23)CC1. The quantitative estimate of drug-likeness (QED) is 0.890. The van der Waals surface area contributed by atoms with Crippen LogP contribution in [-0.2, 0) is 6.54 Å². The molecule has 2 heterocycles. The molecule has 1 aliphatic rings. The molecule has 2 aromatic rings. The van der Waals surface area contributed by atoms with E-state index in [0.717, 1.165) is 12.1 Å². The molecule has 0 amide bonds. The predicted molar refractivity (Wildman–Crippen MR) is 74.5 cm³/mol. The van der Waals surface area contributed by atoms with Gasteiger partial charge in [0.15, 0.2) is 0 Å². The standard InChI is InChI=1S/C15H20N3/c1-2-17-7-9-18(10-8-17)12-13-11-16-15-6-4-3-5-14(13)15/h3-5,11,16H,2,7-10,12H2,1H3. The zero-order valence-electron chi connectivity index (χ0n) is 10.9. The Balaban J connectivity index is 1.70. The Hall–Kier alpha value is -1.32. The van der Waals surface area contributed by atoms with Crippen molar-refractivity contribution in [2.75, 3.05) is 32.7 Å². The van der Waals surface area contributed by atoms with E-state index in [1.165, 1.54) is 43.7 Å². The van der Waals surface area contributed by atoms with Crippen LogP contribution in [0.4, 0.5) is 0 Å². The van der Waals surface area contributed by atoms with E-state index in [2.05, 4.69) is 46.1 Å². The maximum atomic E-state index is 3.31. The van der Waals surface area contributed by atoms with Crippen LogP contribution in [0.2, 0.25) is 0 Å². The molecular weight excluding hydrogens is 222 g/mol. The van der Waals surface area contributed by atoms with Gasteiger partial charge in [0.2, 0.25) is 0 Å². The summed E-state index contributed by atoms with van der Waals surface area (Å²) in [5, 5.41) is 1.32. The first-order chi connectivity index (χ1) is 8.86. The van der Waals surface area contributed by atoms with Crippen LogP contribution in [0, 0.1) is 6.07 Å². The Labute approximate surface area is 108 Å². The van der Waals surface area contributed by atoms with Crippen LogP contribution in [0.3, 0.4) is 0 Å². The lowest BCUT2D eigenvalue weighted by molar-refractivity contribution is 0.132. The third kappa shape index (κ3) is 2.28. The van der Waals surface area contributed by atoms with Gasteiger partial charge in [0.1, 0.15) is 0 Å². The fourth-order valence-electron chi connectivity index (χ4n) is 2.70. The molecule has 1 aromatic carbocycles. The third-order valence-electron chi connectivity index (χ3n) is 3.90. The summed E-state index contributed by atoms with van der Waals surface area (Å²) in [5.41, 5.74) is 2.52. The van der Waals surface area contributed by atoms with E-state index >= 15 is 0 Å². The number of H-pyrrole nitrogens is 1. The van der Waals surface area contributed by atoms with Crippen LogP contribution in [0.5, 0.6) is 0 Å². The number of hydrogen-bond donors (Lipinski definition) is 1. The monoisotopic (exact) mass is 242 g/mol. The first-order valence-electron chi connectivity index (χ1n) is 6.78. The molecule has 3 nitrogen and oxygen atoms in total. The Bertz CT molecular complexity index is 509. The molecule has 0 atom stereocenters. The number of likely N-dealkylation sites (N-methyl/N-ethyl adjacent to an activating group) is 1. The van der Waals surface area contributed by atoms with Crippen molar-refractivity contribution in [3.63, 3.8) is 0 Å². The summed E-state index contributed by atoms with van der Waals surface area (Å²) < 4.78 is 0. The highest BCUT2D eigenvalue weighted by Gasteiger charge is 2.16. The van der Waals surface area contributed by atoms with Crippen molar-refractivity contribution in [3.05, 3.63) is 36.0 Å². The summed E-state index contributed by atoms with van der Waals surface area (Å²) >= 11 is 0. The minimum absolute atomic E-state index is 1.05. The van der Waals surface area contributed by atoms with Crippen LogP contribution in [-0.4, -0.2) is 47.5 Å². The highest BCUT2D eigenvalue weighted by Crippen LogP contribution is 2.19. The molecule has 1 fully saturated rings. The molecule has 0 saturated carbocycles. The van der Waals surface area contributed by atoms with Crippen molar-refractivity contribution in [2.45, 2.75) is 13.5 Å². The highest BCUT2D eigenvalue weighted by atomic mass is 15.3. The van der Waals surface area contributed by atoms with Gasteiger partial charge in [-0.25, -0.2) is 0 Å². The summed E-state index contributed by atoms with van der Waals surface area (Å²) in [7, 11) is 0. The van der Waals surface area contributed by atoms with Gasteiger partial charge in [-0.3, -0.25) is 4.90 Å². The van der Waals surface area contributed by atoms with E-state index in [-0.39, 0.29) is 0 Å². The zero-order valence-corrected chi connectivity index (χ0v) is 10.9. The van der Waals surface area contributed by atoms with Gasteiger partial charge >= 0.3 is 0 Å². The number of hydrogen-bond acceptors (Lipinski definition) is 2. The van der Waals surface area contributed by atoms with Gasteiger partial charge in [-0.05, 0) is 12.1 Å². The average Bonchev–Trinajstić information content (AvgIpc) is 2.83. The van der Waals surface area contributed by atoms with Crippen LogP contribution in [0.15, 0.2) is 24.4 Å². The lowest BCUT2D eigenvalue weighted by atomic mass is 10.1. The van der Waals surface area contributed by atoms with E-state index < -0.39 is 0 Å². The molecule has 1 radical (unpaired) electrons. The number of aromatic amines is 1. The number of rotatable bonds is 3. The minimum atomic E-state index is 1.05. The summed E-state index contributed by atoms with van der Waals surface area (Å²) in [6.45, 7) is 9.22. The lowest BCUT2D eigenvalue weighted by Crippen LogP contribution is -2.45. The largest absolute Gasteiger partial charge is 0.360 e. The number of benzene rings is 1. The van der Waals surface area contributed by atoms with Gasteiger partial charge in [0.05, 0.1) is 5.52 Å². The lowest BCUT2D eigenvalue weighted by Gasteiger charge is -2.33. The molecule has 95 valence electrons. The van der Waals surface area contributed by atoms with Crippen LogP contribution in [0.1, 0.15) is 12.5 Å². The van der Waals surface area contributed by atoms with Crippen molar-refractivity contribution >= 4 is 10.9 Å². The first kappa shape index (κ1) is 11.8. The molecule has 3 heteroatoms. The fourth-order valence-corrected chi connectivity index (χ4v) is 2.70. The number of para-hydroxylation sites is 1. The molecule has 0 aliphatic carbocycles. The highest BCUT2D eigenvalue weighted by molar-refractivity contribution is 5.82. The van der Waals surface area contributed by atoms with E-state index in [0.29, 0.717) is 0 Å². The van der Waals surface area contributed by atoms with E-state index in [1.54, 1.807) is 0 Å². The molecule has 0 unspecified atom stereocenters. The molecule has 18 heavy (non-hydrogen) atoms. The summed E-state index contributed by atoms with van der Waals surface area (Å²) in [6, 6.07) is 9.45. The summed E-state index contributed by atoms with van der Waals surface area (Å²) in [5.74, 6) is 0. The van der Waals surface area contributed by atoms with Gasteiger partial charge in [-0.2, -0.15) is 0 Å². The fraction of sp³-hybridized carbons (Fsp3) is 0.467. The topological polar surface area (TPSA) is 22.3 Å². The molecule has 0 bridgehead atoms. The Morgan fingerprint density at radius 3 is 2.78 bits per heavy atom. The van der Waals surface area contributed by atoms with Crippen molar-refractivity contribution < 1.29 is 0 Å². The van der Waals surface area contributed by atoms with E-state index in [4.69, 9.17) is 0 Å². The van der Waals surface area contributed by atoms with Gasteiger partial charge in [0.25, 0.3) is 0 Å². The Morgan fingerprint density at radius 1 is 1.22 bits per heavy atom. The molecule has 1 N–H and O–H groups in total. The van der Waals surface area contributed by atoms with Crippen LogP contribution >= 0.6 is 0 Å². The third-order valence-corrected chi connectivity index (χ3v) is 3.90. The molecular formula is C15H20N3. The second-order valence-corrected chi connectivity index (χ2v) is 4.98. The van der Waals surface area contributed by atoms with Crippen molar-refractivity contribution in [2.24, 2.45) is 0 Å². The molecule has 3 rings (SSSR count). The zero-order chi connectivity index (χ0) is 12.4. The van der Waals surface area contributed by atoms with Crippen LogP contribution < -0.4 is 0 Å². The van der Waals surface area contributed by atoms with Crippen molar-refractivity contribution in [1.29, 1.82) is 0 Å². The summed E-state index contributed by atoms with van der Waals surface area (Å²) in [4.78, 5) is 8.36. The average molecular weight is 242 g/mol. The van der Waals surface area contributed by atoms with Crippen LogP contribution in [0.25, 0.3) is 10.9 Å². The number of nitrogens with one attached hydrogen (secondary N) is 1. The summed E-state index contributed by atoms with van der Waals surface area (Å²) in [6.07, 6.45) is 2.13. The molecule has 0 spiro atoms. The maximum Gasteiger partial charge on any atom is 0.0537 e. The predicted octanol–water partition coefficient (Wildman–Crippen LogP) is 2.11. The normalized spacial score (nSPS) is 18.5. The number of fused-ring (bicyclic) bond motifs is 1. The second kappa shape index (κ2) is 5.12. The second-order valence-electron chi connectivity index (χ2n) is 4.98. The van der Waals surface area contributed by atoms with E-state index in [9.17, 15) is 0 Å². The molecule has 1 aromatic heterocycles. The Morgan fingerprint density at radius 2 is 2.00 bits per heavy atom. The maximum absolute atomic E-state index is 3.31. The van der Waals surface area contributed by atoms with Crippen molar-refractivity contribution in [1.82, 2.24) is 14.8 Å². The molecule has 1 aliphatic heterocycles. The number of nitrogens with zero attached hydrogens (tertiary/aromatic N) is 2. The van der Waals surface area contributed by atoms with E-state index in [1.807, 2.05) is 6.07 Å². The van der Waals surface area contributed by atoms with Gasteiger partial charge in [-0.1, -0.05) is 25.1 Å². The molecule has 1 saturated heterocycles.